The van der Waals surface area contributed by atoms with Crippen LogP contribution in [0.1, 0.15) is 66.9 Å². The molecule has 26 heavy (non-hydrogen) atoms. The van der Waals surface area contributed by atoms with Gasteiger partial charge in [-0.3, -0.25) is 9.69 Å². The van der Waals surface area contributed by atoms with Crippen LogP contribution in [-0.2, 0) is 6.42 Å². The largest absolute Gasteiger partial charge is 0.361 e. The first kappa shape index (κ1) is 18.6. The van der Waals surface area contributed by atoms with Gasteiger partial charge in [-0.05, 0) is 37.9 Å². The number of amides is 1. The van der Waals surface area contributed by atoms with Gasteiger partial charge in [0, 0.05) is 19.0 Å². The molecule has 1 aromatic carbocycles. The Balaban J connectivity index is 1.67. The summed E-state index contributed by atoms with van der Waals surface area (Å²) >= 11 is 0. The van der Waals surface area contributed by atoms with Crippen molar-refractivity contribution in [2.45, 2.75) is 51.5 Å². The van der Waals surface area contributed by atoms with Crippen LogP contribution in [0.5, 0.6) is 0 Å². The first-order chi connectivity index (χ1) is 12.8. The number of carbonyl (C=O) groups excluding carboxylic acids is 1. The molecule has 0 aliphatic carbocycles. The molecule has 0 radical (unpaired) electrons. The van der Waals surface area contributed by atoms with Crippen LogP contribution < -0.4 is 5.32 Å². The van der Waals surface area contributed by atoms with E-state index < -0.39 is 0 Å². The highest BCUT2D eigenvalue weighted by molar-refractivity contribution is 5.92. The number of rotatable bonds is 7. The van der Waals surface area contributed by atoms with Crippen molar-refractivity contribution in [1.29, 1.82) is 0 Å². The van der Waals surface area contributed by atoms with E-state index in [9.17, 15) is 4.79 Å². The Bertz CT molecular complexity index is 676. The summed E-state index contributed by atoms with van der Waals surface area (Å²) in [6.45, 7) is 4.83. The number of likely N-dealkylation sites (tertiary alicyclic amines) is 1. The summed E-state index contributed by atoms with van der Waals surface area (Å²) in [5.74, 6) is 0.608. The molecule has 5 nitrogen and oxygen atoms in total. The zero-order chi connectivity index (χ0) is 18.2. The van der Waals surface area contributed by atoms with Crippen molar-refractivity contribution < 1.29 is 9.32 Å². The van der Waals surface area contributed by atoms with Gasteiger partial charge in [0.15, 0.2) is 5.69 Å². The lowest BCUT2D eigenvalue weighted by molar-refractivity contribution is 0.0924. The Morgan fingerprint density at radius 1 is 1.19 bits per heavy atom. The molecule has 140 valence electrons. The van der Waals surface area contributed by atoms with Crippen molar-refractivity contribution in [1.82, 2.24) is 15.4 Å². The molecule has 1 saturated heterocycles. The van der Waals surface area contributed by atoms with E-state index in [1.165, 1.54) is 31.2 Å². The number of benzene rings is 1. The maximum atomic E-state index is 12.5. The molecular weight excluding hydrogens is 326 g/mol. The number of nitrogens with one attached hydrogen (secondary N) is 1. The first-order valence-corrected chi connectivity index (χ1v) is 9.80. The van der Waals surface area contributed by atoms with E-state index in [1.54, 1.807) is 6.07 Å². The van der Waals surface area contributed by atoms with Crippen molar-refractivity contribution in [2.24, 2.45) is 0 Å². The van der Waals surface area contributed by atoms with Gasteiger partial charge < -0.3 is 9.84 Å². The number of hydrogen-bond acceptors (Lipinski definition) is 4. The van der Waals surface area contributed by atoms with Crippen LogP contribution >= 0.6 is 0 Å². The Morgan fingerprint density at radius 3 is 2.62 bits per heavy atom. The summed E-state index contributed by atoms with van der Waals surface area (Å²) in [5.41, 5.74) is 1.62. The van der Waals surface area contributed by atoms with Crippen molar-refractivity contribution >= 4 is 5.91 Å². The lowest BCUT2D eigenvalue weighted by Gasteiger charge is -2.31. The third kappa shape index (κ3) is 4.94. The molecule has 2 aromatic rings. The average molecular weight is 355 g/mol. The summed E-state index contributed by atoms with van der Waals surface area (Å²) < 4.78 is 5.23. The van der Waals surface area contributed by atoms with Gasteiger partial charge >= 0.3 is 0 Å². The molecule has 1 amide bonds. The standard InChI is InChI=1S/C21H29N3O2/c1-2-10-18-15-19(23-26-18)21(25)22-16-20(17-11-6-5-7-12-17)24-13-8-3-4-9-14-24/h5-7,11-12,15,20H,2-4,8-10,13-14,16H2,1H3,(H,22,25). The summed E-state index contributed by atoms with van der Waals surface area (Å²) in [6, 6.07) is 12.4. The minimum atomic E-state index is -0.160. The molecule has 1 aliphatic heterocycles. The molecular formula is C21H29N3O2. The van der Waals surface area contributed by atoms with E-state index in [0.29, 0.717) is 12.2 Å². The Hall–Kier alpha value is -2.14. The molecule has 1 atom stereocenters. The fourth-order valence-corrected chi connectivity index (χ4v) is 3.60. The summed E-state index contributed by atoms with van der Waals surface area (Å²) in [4.78, 5) is 15.0. The van der Waals surface area contributed by atoms with Crippen LogP contribution in [0.15, 0.2) is 40.9 Å². The number of aryl methyl sites for hydroxylation is 1. The molecule has 0 spiro atoms. The maximum Gasteiger partial charge on any atom is 0.273 e. The van der Waals surface area contributed by atoms with Crippen molar-refractivity contribution in [3.8, 4) is 0 Å². The van der Waals surface area contributed by atoms with Crippen LogP contribution in [-0.4, -0.2) is 35.6 Å². The molecule has 1 fully saturated rings. The molecule has 1 aliphatic rings. The van der Waals surface area contributed by atoms with Crippen LogP contribution in [0.25, 0.3) is 0 Å². The number of aromatic nitrogens is 1. The van der Waals surface area contributed by atoms with Gasteiger partial charge in [-0.1, -0.05) is 55.3 Å². The van der Waals surface area contributed by atoms with Gasteiger partial charge in [-0.25, -0.2) is 0 Å². The van der Waals surface area contributed by atoms with E-state index in [4.69, 9.17) is 4.52 Å². The minimum absolute atomic E-state index is 0.160. The zero-order valence-electron chi connectivity index (χ0n) is 15.6. The van der Waals surface area contributed by atoms with Crippen LogP contribution in [0.3, 0.4) is 0 Å². The molecule has 0 bridgehead atoms. The third-order valence-electron chi connectivity index (χ3n) is 5.01. The zero-order valence-corrected chi connectivity index (χ0v) is 15.6. The topological polar surface area (TPSA) is 58.4 Å². The number of carbonyl (C=O) groups is 1. The Labute approximate surface area is 155 Å². The highest BCUT2D eigenvalue weighted by atomic mass is 16.5. The summed E-state index contributed by atoms with van der Waals surface area (Å²) in [7, 11) is 0. The average Bonchev–Trinajstić information content (AvgIpc) is 2.97. The summed E-state index contributed by atoms with van der Waals surface area (Å²) in [5, 5.41) is 6.98. The lowest BCUT2D eigenvalue weighted by atomic mass is 10.0. The lowest BCUT2D eigenvalue weighted by Crippen LogP contribution is -2.38. The van der Waals surface area contributed by atoms with Crippen molar-refractivity contribution in [2.75, 3.05) is 19.6 Å². The number of nitrogens with zero attached hydrogens (tertiary/aromatic N) is 2. The molecule has 5 heteroatoms. The third-order valence-corrected chi connectivity index (χ3v) is 5.01. The van der Waals surface area contributed by atoms with E-state index >= 15 is 0 Å². The SMILES string of the molecule is CCCc1cc(C(=O)NCC(c2ccccc2)N2CCCCCC2)no1. The van der Waals surface area contributed by atoms with Gasteiger partial charge in [0.05, 0.1) is 6.04 Å². The maximum absolute atomic E-state index is 12.5. The molecule has 2 heterocycles. The molecule has 1 N–H and O–H groups in total. The van der Waals surface area contributed by atoms with Gasteiger partial charge in [-0.15, -0.1) is 0 Å². The molecule has 3 rings (SSSR count). The summed E-state index contributed by atoms with van der Waals surface area (Å²) in [6.07, 6.45) is 6.82. The van der Waals surface area contributed by atoms with E-state index in [0.717, 1.165) is 31.7 Å². The highest BCUT2D eigenvalue weighted by Gasteiger charge is 2.23. The first-order valence-electron chi connectivity index (χ1n) is 9.80. The number of hydrogen-bond donors (Lipinski definition) is 1. The smallest absolute Gasteiger partial charge is 0.273 e. The van der Waals surface area contributed by atoms with E-state index in [2.05, 4.69) is 46.6 Å². The Kier molecular flexibility index (Phi) is 6.83. The van der Waals surface area contributed by atoms with Gasteiger partial charge in [-0.2, -0.15) is 0 Å². The molecule has 1 aromatic heterocycles. The van der Waals surface area contributed by atoms with Gasteiger partial charge in [0.25, 0.3) is 5.91 Å². The van der Waals surface area contributed by atoms with Crippen molar-refractivity contribution in [3.05, 3.63) is 53.4 Å². The van der Waals surface area contributed by atoms with Gasteiger partial charge in [0.1, 0.15) is 5.76 Å². The second kappa shape index (κ2) is 9.53. The molecule has 1 unspecified atom stereocenters. The van der Waals surface area contributed by atoms with Crippen LogP contribution in [0, 0.1) is 0 Å². The Morgan fingerprint density at radius 2 is 1.92 bits per heavy atom. The van der Waals surface area contributed by atoms with Gasteiger partial charge in [0.2, 0.25) is 0 Å². The quantitative estimate of drug-likeness (QED) is 0.816. The fourth-order valence-electron chi connectivity index (χ4n) is 3.60. The second-order valence-electron chi connectivity index (χ2n) is 7.02. The molecule has 0 saturated carbocycles. The normalized spacial score (nSPS) is 16.8. The fraction of sp³-hybridized carbons (Fsp3) is 0.524. The van der Waals surface area contributed by atoms with Crippen molar-refractivity contribution in [3.63, 3.8) is 0 Å². The highest BCUT2D eigenvalue weighted by Crippen LogP contribution is 2.23. The van der Waals surface area contributed by atoms with E-state index in [-0.39, 0.29) is 11.9 Å². The second-order valence-corrected chi connectivity index (χ2v) is 7.02. The van der Waals surface area contributed by atoms with Crippen LogP contribution in [0.2, 0.25) is 0 Å². The van der Waals surface area contributed by atoms with E-state index in [1.807, 2.05) is 6.07 Å². The predicted molar refractivity (Wildman–Crippen MR) is 102 cm³/mol. The predicted octanol–water partition coefficient (Wildman–Crippen LogP) is 3.97. The van der Waals surface area contributed by atoms with Crippen LogP contribution in [0.4, 0.5) is 0 Å². The monoisotopic (exact) mass is 355 g/mol. The minimum Gasteiger partial charge on any atom is -0.361 e.